The summed E-state index contributed by atoms with van der Waals surface area (Å²) < 4.78 is 0. The minimum Gasteiger partial charge on any atom is -0.346 e. The molecule has 0 saturated carbocycles. The minimum atomic E-state index is 0.735. The predicted octanol–water partition coefficient (Wildman–Crippen LogP) is 5.05. The van der Waals surface area contributed by atoms with Gasteiger partial charge in [0.05, 0.1) is 11.7 Å². The second-order valence-corrected chi connectivity index (χ2v) is 9.90. The van der Waals surface area contributed by atoms with Crippen LogP contribution in [0.4, 0.5) is 0 Å². The number of likely N-dealkylation sites (tertiary alicyclic amines) is 1. The van der Waals surface area contributed by atoms with Gasteiger partial charge in [0.2, 0.25) is 0 Å². The first-order valence-corrected chi connectivity index (χ1v) is 12.2. The fourth-order valence-corrected chi connectivity index (χ4v) is 5.98. The third-order valence-electron chi connectivity index (χ3n) is 7.92. The highest BCUT2D eigenvalue weighted by atomic mass is 15.3. The molecule has 6 heteroatoms. The van der Waals surface area contributed by atoms with Crippen molar-refractivity contribution in [3.63, 3.8) is 0 Å². The average molecular weight is 449 g/mol. The molecule has 2 bridgehead atoms. The zero-order chi connectivity index (χ0) is 22.6. The molecule has 2 fully saturated rings. The SMILES string of the molecule is CN1C2CCC1CN(Cc1ccc(-c3cnc4[nH]cc(-c5cccc6[nH]ncc56)c4c3)cc1)C2. The number of nitrogens with zero attached hydrogens (tertiary/aromatic N) is 4. The van der Waals surface area contributed by atoms with E-state index in [0.29, 0.717) is 0 Å². The van der Waals surface area contributed by atoms with Crippen molar-refractivity contribution >= 4 is 21.9 Å². The molecular formula is C28H28N6. The van der Waals surface area contributed by atoms with Crippen molar-refractivity contribution in [1.82, 2.24) is 30.0 Å². The number of aromatic nitrogens is 4. The Kier molecular flexibility index (Phi) is 4.57. The molecule has 2 aliphatic rings. The third kappa shape index (κ3) is 3.25. The highest BCUT2D eigenvalue weighted by Gasteiger charge is 2.37. The molecule has 3 aromatic heterocycles. The Morgan fingerprint density at radius 2 is 1.74 bits per heavy atom. The maximum atomic E-state index is 4.73. The lowest BCUT2D eigenvalue weighted by atomic mass is 9.99. The molecule has 0 spiro atoms. The summed E-state index contributed by atoms with van der Waals surface area (Å²) in [5.74, 6) is 0. The fourth-order valence-electron chi connectivity index (χ4n) is 5.98. The van der Waals surface area contributed by atoms with E-state index in [1.165, 1.54) is 37.1 Å². The quantitative estimate of drug-likeness (QED) is 0.404. The number of aromatic amines is 2. The van der Waals surface area contributed by atoms with Crippen LogP contribution in [0, 0.1) is 0 Å². The summed E-state index contributed by atoms with van der Waals surface area (Å²) in [5.41, 5.74) is 7.98. The van der Waals surface area contributed by atoms with E-state index in [2.05, 4.69) is 86.8 Å². The number of hydrogen-bond acceptors (Lipinski definition) is 4. The summed E-state index contributed by atoms with van der Waals surface area (Å²) in [6.45, 7) is 3.42. The number of fused-ring (bicyclic) bond motifs is 4. The molecule has 0 radical (unpaired) electrons. The number of pyridine rings is 1. The van der Waals surface area contributed by atoms with Crippen LogP contribution in [0.5, 0.6) is 0 Å². The van der Waals surface area contributed by atoms with Crippen molar-refractivity contribution in [2.75, 3.05) is 20.1 Å². The molecule has 0 aliphatic carbocycles. The first-order chi connectivity index (χ1) is 16.7. The molecule has 34 heavy (non-hydrogen) atoms. The molecule has 6 nitrogen and oxygen atoms in total. The number of H-pyrrole nitrogens is 2. The van der Waals surface area contributed by atoms with Crippen molar-refractivity contribution in [2.45, 2.75) is 31.5 Å². The summed E-state index contributed by atoms with van der Waals surface area (Å²) >= 11 is 0. The first-order valence-electron chi connectivity index (χ1n) is 12.2. The van der Waals surface area contributed by atoms with Gasteiger partial charge in [0.15, 0.2) is 0 Å². The number of nitrogens with one attached hydrogen (secondary N) is 2. The smallest absolute Gasteiger partial charge is 0.137 e. The van der Waals surface area contributed by atoms with Gasteiger partial charge in [-0.2, -0.15) is 5.10 Å². The number of piperazine rings is 1. The van der Waals surface area contributed by atoms with Crippen LogP contribution in [0.2, 0.25) is 0 Å². The number of likely N-dealkylation sites (N-methyl/N-ethyl adjacent to an activating group) is 1. The zero-order valence-corrected chi connectivity index (χ0v) is 19.3. The molecule has 2 unspecified atom stereocenters. The number of rotatable bonds is 4. The predicted molar refractivity (Wildman–Crippen MR) is 136 cm³/mol. The van der Waals surface area contributed by atoms with Crippen LogP contribution >= 0.6 is 0 Å². The van der Waals surface area contributed by atoms with Gasteiger partial charge < -0.3 is 4.98 Å². The second kappa shape index (κ2) is 7.79. The maximum Gasteiger partial charge on any atom is 0.137 e. The van der Waals surface area contributed by atoms with Crippen molar-refractivity contribution < 1.29 is 0 Å². The van der Waals surface area contributed by atoms with Crippen molar-refractivity contribution in [3.8, 4) is 22.3 Å². The van der Waals surface area contributed by atoms with Gasteiger partial charge in [0, 0.05) is 66.0 Å². The third-order valence-corrected chi connectivity index (χ3v) is 7.92. The topological polar surface area (TPSA) is 63.8 Å². The summed E-state index contributed by atoms with van der Waals surface area (Å²) in [4.78, 5) is 13.3. The van der Waals surface area contributed by atoms with Gasteiger partial charge in [-0.1, -0.05) is 36.4 Å². The molecule has 2 atom stereocenters. The number of benzene rings is 2. The molecular weight excluding hydrogens is 420 g/mol. The Hall–Kier alpha value is -3.48. The van der Waals surface area contributed by atoms with E-state index in [1.807, 2.05) is 12.4 Å². The van der Waals surface area contributed by atoms with Crippen LogP contribution < -0.4 is 0 Å². The summed E-state index contributed by atoms with van der Waals surface area (Å²) in [7, 11) is 2.30. The maximum absolute atomic E-state index is 4.73. The van der Waals surface area contributed by atoms with Gasteiger partial charge in [-0.25, -0.2) is 4.98 Å². The Balaban J connectivity index is 1.17. The average Bonchev–Trinajstić information content (AvgIpc) is 3.55. The zero-order valence-electron chi connectivity index (χ0n) is 19.3. The van der Waals surface area contributed by atoms with E-state index in [-0.39, 0.29) is 0 Å². The normalized spacial score (nSPS) is 21.1. The highest BCUT2D eigenvalue weighted by molar-refractivity contribution is 6.04. The Morgan fingerprint density at radius 1 is 0.912 bits per heavy atom. The monoisotopic (exact) mass is 448 g/mol. The van der Waals surface area contributed by atoms with E-state index >= 15 is 0 Å². The van der Waals surface area contributed by atoms with Crippen LogP contribution in [0.1, 0.15) is 18.4 Å². The standard InChI is InChI=1S/C28H28N6/c1-33-21-9-10-22(33)17-34(16-21)15-18-5-7-19(8-6-18)20-11-24-25(13-30-28(24)29-12-20)23-3-2-4-27-26(23)14-31-32-27/h2-8,11-14,21-22H,9-10,15-17H2,1H3,(H,29,30)(H,31,32). The van der Waals surface area contributed by atoms with Gasteiger partial charge in [-0.15, -0.1) is 0 Å². The van der Waals surface area contributed by atoms with Crippen LogP contribution in [0.3, 0.4) is 0 Å². The minimum absolute atomic E-state index is 0.735. The van der Waals surface area contributed by atoms with Crippen molar-refractivity contribution in [2.24, 2.45) is 0 Å². The Labute approximate surface area is 198 Å². The molecule has 0 amide bonds. The summed E-state index contributed by atoms with van der Waals surface area (Å²) in [5, 5.41) is 9.54. The lowest BCUT2D eigenvalue weighted by Crippen LogP contribution is -2.51. The molecule has 2 aliphatic heterocycles. The van der Waals surface area contributed by atoms with E-state index in [4.69, 9.17) is 4.98 Å². The molecule has 5 aromatic rings. The lowest BCUT2D eigenvalue weighted by Gasteiger charge is -2.38. The van der Waals surface area contributed by atoms with E-state index in [0.717, 1.165) is 57.3 Å². The van der Waals surface area contributed by atoms with Crippen LogP contribution in [0.15, 0.2) is 67.1 Å². The van der Waals surface area contributed by atoms with Gasteiger partial charge in [0.1, 0.15) is 5.65 Å². The van der Waals surface area contributed by atoms with E-state index in [9.17, 15) is 0 Å². The molecule has 5 heterocycles. The van der Waals surface area contributed by atoms with Crippen LogP contribution in [-0.4, -0.2) is 62.2 Å². The molecule has 2 aromatic carbocycles. The van der Waals surface area contributed by atoms with Crippen LogP contribution in [0.25, 0.3) is 44.2 Å². The van der Waals surface area contributed by atoms with Crippen LogP contribution in [-0.2, 0) is 6.54 Å². The molecule has 2 saturated heterocycles. The summed E-state index contributed by atoms with van der Waals surface area (Å²) in [6, 6.07) is 19.0. The van der Waals surface area contributed by atoms with Gasteiger partial charge >= 0.3 is 0 Å². The first kappa shape index (κ1) is 19.9. The molecule has 7 rings (SSSR count). The van der Waals surface area contributed by atoms with E-state index < -0.39 is 0 Å². The Morgan fingerprint density at radius 3 is 2.56 bits per heavy atom. The molecule has 170 valence electrons. The fraction of sp³-hybridized carbons (Fsp3) is 0.286. The Bertz CT molecular complexity index is 1470. The number of hydrogen-bond donors (Lipinski definition) is 2. The largest absolute Gasteiger partial charge is 0.346 e. The van der Waals surface area contributed by atoms with Crippen molar-refractivity contribution in [3.05, 3.63) is 72.7 Å². The van der Waals surface area contributed by atoms with Crippen molar-refractivity contribution in [1.29, 1.82) is 0 Å². The lowest BCUT2D eigenvalue weighted by molar-refractivity contribution is 0.0837. The van der Waals surface area contributed by atoms with Gasteiger partial charge in [-0.3, -0.25) is 14.9 Å². The summed E-state index contributed by atoms with van der Waals surface area (Å²) in [6.07, 6.45) is 8.61. The second-order valence-electron chi connectivity index (χ2n) is 9.90. The molecule has 2 N–H and O–H groups in total. The van der Waals surface area contributed by atoms with Gasteiger partial charge in [0.25, 0.3) is 0 Å². The van der Waals surface area contributed by atoms with Gasteiger partial charge in [-0.05, 0) is 48.7 Å². The van der Waals surface area contributed by atoms with E-state index in [1.54, 1.807) is 0 Å². The highest BCUT2D eigenvalue weighted by Crippen LogP contribution is 2.35.